The minimum Gasteiger partial charge on any atom is -0.341 e. The van der Waals surface area contributed by atoms with Crippen LogP contribution in [0.1, 0.15) is 18.4 Å². The number of halogens is 1. The van der Waals surface area contributed by atoms with Crippen LogP contribution in [0.3, 0.4) is 0 Å². The average molecular weight is 421 g/mol. The Morgan fingerprint density at radius 1 is 1.03 bits per heavy atom. The van der Waals surface area contributed by atoms with Crippen molar-refractivity contribution in [3.8, 4) is 0 Å². The molecule has 1 aliphatic rings. The van der Waals surface area contributed by atoms with E-state index in [-0.39, 0.29) is 18.0 Å². The highest BCUT2D eigenvalue weighted by atomic mass is 35.5. The summed E-state index contributed by atoms with van der Waals surface area (Å²) < 4.78 is 3.29. The summed E-state index contributed by atoms with van der Waals surface area (Å²) in [5.41, 5.74) is 2.26. The Hall–Kier alpha value is -3.12. The van der Waals surface area contributed by atoms with Gasteiger partial charge in [-0.1, -0.05) is 41.9 Å². The fourth-order valence-electron chi connectivity index (χ4n) is 4.28. The largest absolute Gasteiger partial charge is 0.341 e. The normalized spacial score (nSPS) is 14.1. The van der Waals surface area contributed by atoms with Crippen LogP contribution in [0.2, 0.25) is 5.02 Å². The molecule has 0 saturated carbocycles. The van der Waals surface area contributed by atoms with Gasteiger partial charge in [0.15, 0.2) is 0 Å². The van der Waals surface area contributed by atoms with E-state index in [0.29, 0.717) is 17.1 Å². The van der Waals surface area contributed by atoms with Gasteiger partial charge in [0.05, 0.1) is 6.20 Å². The van der Waals surface area contributed by atoms with Gasteiger partial charge in [0.1, 0.15) is 12.1 Å². The van der Waals surface area contributed by atoms with E-state index < -0.39 is 0 Å². The summed E-state index contributed by atoms with van der Waals surface area (Å²) in [5, 5.41) is 6.74. The Bertz CT molecular complexity index is 1320. The smallest absolute Gasteiger partial charge is 0.291 e. The van der Waals surface area contributed by atoms with Crippen molar-refractivity contribution in [1.29, 1.82) is 0 Å². The maximum absolute atomic E-state index is 13.4. The van der Waals surface area contributed by atoms with Crippen LogP contribution in [0.5, 0.6) is 0 Å². The zero-order valence-corrected chi connectivity index (χ0v) is 17.2. The number of carbonyl (C=O) groups excluding carboxylic acids is 1. The summed E-state index contributed by atoms with van der Waals surface area (Å²) in [6.07, 6.45) is 3.73. The zero-order chi connectivity index (χ0) is 20.7. The van der Waals surface area contributed by atoms with Crippen molar-refractivity contribution in [2.24, 2.45) is 0 Å². The number of carbonyl (C=O) groups is 1. The highest BCUT2D eigenvalue weighted by Crippen LogP contribution is 2.27. The molecular weight excluding hydrogens is 400 g/mol. The maximum atomic E-state index is 13.4. The number of fused-ring (bicyclic) bond motifs is 3. The Morgan fingerprint density at radius 2 is 1.83 bits per heavy atom. The molecule has 5 rings (SSSR count). The first kappa shape index (κ1) is 18.9. The molecule has 1 saturated heterocycles. The molecule has 2 aromatic heterocycles. The zero-order valence-electron chi connectivity index (χ0n) is 16.4. The molecule has 0 spiro atoms. The van der Waals surface area contributed by atoms with Gasteiger partial charge in [0, 0.05) is 40.9 Å². The first-order valence-corrected chi connectivity index (χ1v) is 10.5. The van der Waals surface area contributed by atoms with Gasteiger partial charge in [-0.2, -0.15) is 5.10 Å². The lowest BCUT2D eigenvalue weighted by atomic mass is 10.2. The van der Waals surface area contributed by atoms with Gasteiger partial charge in [-0.25, -0.2) is 4.68 Å². The van der Waals surface area contributed by atoms with Crippen molar-refractivity contribution in [2.75, 3.05) is 13.1 Å². The van der Waals surface area contributed by atoms with Crippen LogP contribution in [0, 0.1) is 0 Å². The number of likely N-dealkylation sites (tertiary alicyclic amines) is 1. The van der Waals surface area contributed by atoms with E-state index >= 15 is 0 Å². The molecule has 0 N–H and O–H groups in total. The molecule has 1 fully saturated rings. The lowest BCUT2D eigenvalue weighted by molar-refractivity contribution is -0.131. The molecule has 7 heteroatoms. The summed E-state index contributed by atoms with van der Waals surface area (Å²) in [4.78, 5) is 27.8. The summed E-state index contributed by atoms with van der Waals surface area (Å²) in [6.45, 7) is 1.98. The minimum absolute atomic E-state index is 0.0343. The first-order valence-electron chi connectivity index (χ1n) is 10.1. The number of amides is 1. The fourth-order valence-corrected chi connectivity index (χ4v) is 4.50. The molecule has 0 unspecified atom stereocenters. The van der Waals surface area contributed by atoms with Crippen LogP contribution in [0.25, 0.3) is 21.8 Å². The predicted octanol–water partition coefficient (Wildman–Crippen LogP) is 3.68. The van der Waals surface area contributed by atoms with Crippen LogP contribution in [-0.4, -0.2) is 38.2 Å². The number of hydrogen-bond acceptors (Lipinski definition) is 3. The quantitative estimate of drug-likeness (QED) is 0.506. The number of para-hydroxylation sites is 1. The van der Waals surface area contributed by atoms with Gasteiger partial charge >= 0.3 is 0 Å². The molecule has 2 aromatic carbocycles. The average Bonchev–Trinajstić information content (AvgIpc) is 3.38. The Labute approximate surface area is 178 Å². The molecule has 4 aromatic rings. The van der Waals surface area contributed by atoms with Gasteiger partial charge in [0.25, 0.3) is 5.56 Å². The topological polar surface area (TPSA) is 60.1 Å². The van der Waals surface area contributed by atoms with Crippen molar-refractivity contribution in [3.05, 3.63) is 75.7 Å². The molecule has 1 amide bonds. The molecule has 152 valence electrons. The maximum Gasteiger partial charge on any atom is 0.291 e. The summed E-state index contributed by atoms with van der Waals surface area (Å²) in [5.74, 6) is -0.0565. The second-order valence-corrected chi connectivity index (χ2v) is 8.13. The number of hydrogen-bond donors (Lipinski definition) is 0. The lowest BCUT2D eigenvalue weighted by Crippen LogP contribution is -2.36. The van der Waals surface area contributed by atoms with E-state index in [0.717, 1.165) is 47.8 Å². The molecule has 1 aliphatic heterocycles. The van der Waals surface area contributed by atoms with Gasteiger partial charge in [-0.15, -0.1) is 0 Å². The van der Waals surface area contributed by atoms with Crippen LogP contribution in [-0.2, 0) is 17.9 Å². The standard InChI is InChI=1S/C23H21ClN4O2/c24-17-7-5-6-16(12-17)14-27-20-9-2-1-8-18(20)19-13-25-28(23(30)22(19)27)15-21(29)26-10-3-4-11-26/h1-2,5-9,12-13H,3-4,10-11,14-15H2. The molecular formula is C23H21ClN4O2. The van der Waals surface area contributed by atoms with Gasteiger partial charge in [0.2, 0.25) is 5.91 Å². The monoisotopic (exact) mass is 420 g/mol. The highest BCUT2D eigenvalue weighted by Gasteiger charge is 2.21. The molecule has 0 aliphatic carbocycles. The van der Waals surface area contributed by atoms with Crippen molar-refractivity contribution in [2.45, 2.75) is 25.9 Å². The number of benzene rings is 2. The van der Waals surface area contributed by atoms with Gasteiger partial charge < -0.3 is 9.47 Å². The van der Waals surface area contributed by atoms with Crippen LogP contribution in [0.4, 0.5) is 0 Å². The summed E-state index contributed by atoms with van der Waals surface area (Å²) >= 11 is 6.17. The Balaban J connectivity index is 1.64. The van der Waals surface area contributed by atoms with Gasteiger partial charge in [-0.05, 0) is 36.6 Å². The van der Waals surface area contributed by atoms with Crippen molar-refractivity contribution in [3.63, 3.8) is 0 Å². The minimum atomic E-state index is -0.252. The first-order chi connectivity index (χ1) is 14.6. The van der Waals surface area contributed by atoms with E-state index in [1.807, 2.05) is 53.1 Å². The molecule has 0 radical (unpaired) electrons. The summed E-state index contributed by atoms with van der Waals surface area (Å²) in [7, 11) is 0. The highest BCUT2D eigenvalue weighted by molar-refractivity contribution is 6.30. The summed E-state index contributed by atoms with van der Waals surface area (Å²) in [6, 6.07) is 15.5. The van der Waals surface area contributed by atoms with E-state index in [4.69, 9.17) is 11.6 Å². The number of nitrogens with zero attached hydrogens (tertiary/aromatic N) is 4. The molecule has 0 bridgehead atoms. The second-order valence-electron chi connectivity index (χ2n) is 7.69. The molecule has 3 heterocycles. The van der Waals surface area contributed by atoms with Crippen molar-refractivity contribution in [1.82, 2.24) is 19.2 Å². The molecule has 6 nitrogen and oxygen atoms in total. The number of aromatic nitrogens is 3. The third-order valence-corrected chi connectivity index (χ3v) is 5.98. The lowest BCUT2D eigenvalue weighted by Gasteiger charge is -2.15. The number of rotatable bonds is 4. The second kappa shape index (κ2) is 7.61. The Morgan fingerprint density at radius 3 is 2.63 bits per heavy atom. The third kappa shape index (κ3) is 3.27. The third-order valence-electron chi connectivity index (χ3n) is 5.75. The SMILES string of the molecule is O=C(Cn1ncc2c3ccccc3n(Cc3cccc(Cl)c3)c2c1=O)N1CCCC1. The van der Waals surface area contributed by atoms with Crippen molar-refractivity contribution < 1.29 is 4.79 Å². The van der Waals surface area contributed by atoms with Gasteiger partial charge in [-0.3, -0.25) is 9.59 Å². The van der Waals surface area contributed by atoms with E-state index in [2.05, 4.69) is 5.10 Å². The Kier molecular flexibility index (Phi) is 4.79. The molecule has 0 atom stereocenters. The van der Waals surface area contributed by atoms with Crippen LogP contribution < -0.4 is 5.56 Å². The van der Waals surface area contributed by atoms with E-state index in [9.17, 15) is 9.59 Å². The van der Waals surface area contributed by atoms with Crippen molar-refractivity contribution >= 4 is 39.3 Å². The predicted molar refractivity (Wildman–Crippen MR) is 118 cm³/mol. The van der Waals surface area contributed by atoms with E-state index in [1.165, 1.54) is 4.68 Å². The van der Waals surface area contributed by atoms with E-state index in [1.54, 1.807) is 11.1 Å². The van der Waals surface area contributed by atoms with Crippen LogP contribution >= 0.6 is 11.6 Å². The molecule has 30 heavy (non-hydrogen) atoms. The fraction of sp³-hybridized carbons (Fsp3) is 0.261. The van der Waals surface area contributed by atoms with Crippen LogP contribution in [0.15, 0.2) is 59.5 Å².